The van der Waals surface area contributed by atoms with Crippen LogP contribution in [0.4, 0.5) is 0 Å². The predicted molar refractivity (Wildman–Crippen MR) is 60.6 cm³/mol. The minimum atomic E-state index is -0.744. The van der Waals surface area contributed by atoms with Crippen LogP contribution in [-0.2, 0) is 19.1 Å². The van der Waals surface area contributed by atoms with Gasteiger partial charge in [0, 0.05) is 6.54 Å². The topological polar surface area (TPSA) is 83.9 Å². The van der Waals surface area contributed by atoms with Crippen LogP contribution < -0.4 is 0 Å². The fraction of sp³-hybridized carbons (Fsp3) is 0.750. The van der Waals surface area contributed by atoms with Crippen LogP contribution in [0.3, 0.4) is 0 Å². The number of carboxylic acids is 1. The standard InChI is InChI=1S/C12H17NO5/c14-10-6-18-7-11(15)13(10)5-8-1-3-9(4-2-8)12(16)17/h8-9H,1-7H2,(H,16,17). The van der Waals surface area contributed by atoms with Crippen LogP contribution in [0.25, 0.3) is 0 Å². The molecule has 2 fully saturated rings. The number of amides is 2. The van der Waals surface area contributed by atoms with Crippen molar-refractivity contribution >= 4 is 17.8 Å². The van der Waals surface area contributed by atoms with E-state index in [1.165, 1.54) is 4.90 Å². The van der Waals surface area contributed by atoms with Gasteiger partial charge in [-0.2, -0.15) is 0 Å². The number of carboxylic acid groups (broad SMARTS) is 1. The molecule has 0 unspecified atom stereocenters. The van der Waals surface area contributed by atoms with E-state index in [4.69, 9.17) is 9.84 Å². The van der Waals surface area contributed by atoms with Crippen LogP contribution in [-0.4, -0.2) is 47.5 Å². The van der Waals surface area contributed by atoms with Gasteiger partial charge in [0.15, 0.2) is 0 Å². The van der Waals surface area contributed by atoms with Crippen molar-refractivity contribution in [3.05, 3.63) is 0 Å². The first-order valence-corrected chi connectivity index (χ1v) is 6.21. The number of ether oxygens (including phenoxy) is 1. The lowest BCUT2D eigenvalue weighted by Gasteiger charge is -2.32. The monoisotopic (exact) mass is 255 g/mol. The first-order valence-electron chi connectivity index (χ1n) is 6.21. The van der Waals surface area contributed by atoms with Gasteiger partial charge < -0.3 is 9.84 Å². The van der Waals surface area contributed by atoms with Crippen molar-refractivity contribution in [2.45, 2.75) is 25.7 Å². The second-order valence-electron chi connectivity index (χ2n) is 4.95. The third-order valence-corrected chi connectivity index (χ3v) is 3.69. The summed E-state index contributed by atoms with van der Waals surface area (Å²) in [5.74, 6) is -1.35. The Bertz CT molecular complexity index is 343. The molecule has 1 aliphatic heterocycles. The summed E-state index contributed by atoms with van der Waals surface area (Å²) in [7, 11) is 0. The van der Waals surface area contributed by atoms with E-state index in [0.717, 1.165) is 12.8 Å². The van der Waals surface area contributed by atoms with Gasteiger partial charge in [0.05, 0.1) is 5.92 Å². The summed E-state index contributed by atoms with van der Waals surface area (Å²) in [6.45, 7) is 0.347. The molecule has 0 aromatic rings. The number of rotatable bonds is 3. The van der Waals surface area contributed by atoms with Crippen molar-refractivity contribution in [1.29, 1.82) is 0 Å². The number of aliphatic carboxylic acids is 1. The Labute approximate surface area is 105 Å². The summed E-state index contributed by atoms with van der Waals surface area (Å²) >= 11 is 0. The van der Waals surface area contributed by atoms with Crippen LogP contribution in [0.2, 0.25) is 0 Å². The molecular weight excluding hydrogens is 238 g/mol. The van der Waals surface area contributed by atoms with Gasteiger partial charge >= 0.3 is 5.97 Å². The molecule has 0 bridgehead atoms. The Hall–Kier alpha value is -1.43. The van der Waals surface area contributed by atoms with Gasteiger partial charge in [-0.25, -0.2) is 0 Å². The van der Waals surface area contributed by atoms with Gasteiger partial charge in [-0.1, -0.05) is 0 Å². The Morgan fingerprint density at radius 2 is 1.72 bits per heavy atom. The lowest BCUT2D eigenvalue weighted by atomic mass is 9.82. The Morgan fingerprint density at radius 3 is 2.22 bits per heavy atom. The van der Waals surface area contributed by atoms with Crippen molar-refractivity contribution in [3.63, 3.8) is 0 Å². The molecule has 0 aromatic heterocycles. The fourth-order valence-corrected chi connectivity index (χ4v) is 2.57. The largest absolute Gasteiger partial charge is 0.481 e. The van der Waals surface area contributed by atoms with Crippen molar-refractivity contribution < 1.29 is 24.2 Å². The predicted octanol–water partition coefficient (Wildman–Crippen LogP) is 0.263. The smallest absolute Gasteiger partial charge is 0.306 e. The second-order valence-corrected chi connectivity index (χ2v) is 4.95. The van der Waals surface area contributed by atoms with Crippen LogP contribution in [0, 0.1) is 11.8 Å². The van der Waals surface area contributed by atoms with Crippen LogP contribution in [0.5, 0.6) is 0 Å². The molecule has 18 heavy (non-hydrogen) atoms. The molecule has 6 heteroatoms. The van der Waals surface area contributed by atoms with E-state index in [1.54, 1.807) is 0 Å². The maximum atomic E-state index is 11.5. The highest BCUT2D eigenvalue weighted by atomic mass is 16.5. The highest BCUT2D eigenvalue weighted by Gasteiger charge is 2.32. The van der Waals surface area contributed by atoms with Crippen molar-refractivity contribution in [2.75, 3.05) is 19.8 Å². The molecule has 0 aromatic carbocycles. The molecule has 0 atom stereocenters. The minimum Gasteiger partial charge on any atom is -0.481 e. The van der Waals surface area contributed by atoms with E-state index in [9.17, 15) is 14.4 Å². The number of nitrogens with zero attached hydrogens (tertiary/aromatic N) is 1. The van der Waals surface area contributed by atoms with E-state index in [0.29, 0.717) is 19.4 Å². The molecule has 1 heterocycles. The van der Waals surface area contributed by atoms with E-state index >= 15 is 0 Å². The molecular formula is C12H17NO5. The number of hydrogen-bond donors (Lipinski definition) is 1. The third kappa shape index (κ3) is 2.87. The molecule has 1 N–H and O–H groups in total. The average Bonchev–Trinajstić information content (AvgIpc) is 2.34. The Kier molecular flexibility index (Phi) is 3.96. The summed E-state index contributed by atoms with van der Waals surface area (Å²) in [5, 5.41) is 8.89. The maximum absolute atomic E-state index is 11.5. The molecule has 2 rings (SSSR count). The van der Waals surface area contributed by atoms with Crippen LogP contribution in [0.1, 0.15) is 25.7 Å². The van der Waals surface area contributed by atoms with Crippen LogP contribution >= 0.6 is 0 Å². The highest BCUT2D eigenvalue weighted by Crippen LogP contribution is 2.29. The van der Waals surface area contributed by atoms with E-state index < -0.39 is 5.97 Å². The molecule has 2 amide bonds. The Morgan fingerprint density at radius 1 is 1.17 bits per heavy atom. The number of carbonyl (C=O) groups excluding carboxylic acids is 2. The quantitative estimate of drug-likeness (QED) is 0.731. The first-order chi connectivity index (χ1) is 8.58. The van der Waals surface area contributed by atoms with Gasteiger partial charge in [0.1, 0.15) is 13.2 Å². The normalized spacial score (nSPS) is 29.4. The average molecular weight is 255 g/mol. The van der Waals surface area contributed by atoms with Crippen LogP contribution in [0.15, 0.2) is 0 Å². The number of imide groups is 1. The van der Waals surface area contributed by atoms with E-state index in [1.807, 2.05) is 0 Å². The molecule has 0 spiro atoms. The molecule has 6 nitrogen and oxygen atoms in total. The van der Waals surface area contributed by atoms with Crippen molar-refractivity contribution in [3.8, 4) is 0 Å². The zero-order chi connectivity index (χ0) is 13.1. The third-order valence-electron chi connectivity index (χ3n) is 3.69. The summed E-state index contributed by atoms with van der Waals surface area (Å²) in [6.07, 6.45) is 2.78. The fourth-order valence-electron chi connectivity index (χ4n) is 2.57. The lowest BCUT2D eigenvalue weighted by molar-refractivity contribution is -0.159. The SMILES string of the molecule is O=C(O)C1CCC(CN2C(=O)COCC2=O)CC1. The van der Waals surface area contributed by atoms with Gasteiger partial charge in [-0.05, 0) is 31.6 Å². The van der Waals surface area contributed by atoms with Crippen molar-refractivity contribution in [1.82, 2.24) is 4.90 Å². The summed E-state index contributed by atoms with van der Waals surface area (Å²) in [5.41, 5.74) is 0. The van der Waals surface area contributed by atoms with Crippen molar-refractivity contribution in [2.24, 2.45) is 11.8 Å². The Balaban J connectivity index is 1.85. The van der Waals surface area contributed by atoms with E-state index in [2.05, 4.69) is 0 Å². The van der Waals surface area contributed by atoms with E-state index in [-0.39, 0.29) is 36.9 Å². The molecule has 0 radical (unpaired) electrons. The van der Waals surface area contributed by atoms with Gasteiger partial charge in [0.25, 0.3) is 11.8 Å². The summed E-state index contributed by atoms with van der Waals surface area (Å²) in [6, 6.07) is 0. The minimum absolute atomic E-state index is 0.0315. The maximum Gasteiger partial charge on any atom is 0.306 e. The summed E-state index contributed by atoms with van der Waals surface area (Å²) in [4.78, 5) is 35.2. The molecule has 1 aliphatic carbocycles. The molecule has 1 saturated heterocycles. The zero-order valence-corrected chi connectivity index (χ0v) is 10.1. The first kappa shape index (κ1) is 13.0. The van der Waals surface area contributed by atoms with Gasteiger partial charge in [-0.3, -0.25) is 19.3 Å². The molecule has 1 saturated carbocycles. The van der Waals surface area contributed by atoms with Gasteiger partial charge in [-0.15, -0.1) is 0 Å². The summed E-state index contributed by atoms with van der Waals surface area (Å²) < 4.78 is 4.84. The number of carbonyl (C=O) groups is 3. The number of morpholine rings is 1. The van der Waals surface area contributed by atoms with Gasteiger partial charge in [0.2, 0.25) is 0 Å². The lowest BCUT2D eigenvalue weighted by Crippen LogP contribution is -2.48. The zero-order valence-electron chi connectivity index (χ0n) is 10.1. The number of hydrogen-bond acceptors (Lipinski definition) is 4. The molecule has 100 valence electrons. The highest BCUT2D eigenvalue weighted by molar-refractivity contribution is 5.98. The second kappa shape index (κ2) is 5.48. The molecule has 2 aliphatic rings.